The standard InChI is InChI=1S/C21H25N5O4S/c27-9-11-7-15(18(29)17(11)28)24-19-13(20-25-14-3-1-2-4-16(14)31-20)8-22-21(26-19)23-12-5-6-30-10-12/h1-4,8,11-12,15,17-18,27-29H,5-7,9-10H2,(H2,22,23,24,26). The van der Waals surface area contributed by atoms with Gasteiger partial charge in [-0.2, -0.15) is 4.98 Å². The third kappa shape index (κ3) is 4.09. The summed E-state index contributed by atoms with van der Waals surface area (Å²) in [6, 6.07) is 7.61. The molecule has 3 heterocycles. The molecule has 10 heteroatoms. The highest BCUT2D eigenvalue weighted by molar-refractivity contribution is 7.21. The van der Waals surface area contributed by atoms with Gasteiger partial charge in [0.2, 0.25) is 5.95 Å². The van der Waals surface area contributed by atoms with Gasteiger partial charge < -0.3 is 30.7 Å². The number of aromatic nitrogens is 3. The average Bonchev–Trinajstić information content (AvgIpc) is 3.50. The largest absolute Gasteiger partial charge is 0.396 e. The molecule has 1 saturated carbocycles. The van der Waals surface area contributed by atoms with E-state index in [1.54, 1.807) is 17.5 Å². The average molecular weight is 444 g/mol. The molecule has 0 bridgehead atoms. The predicted molar refractivity (Wildman–Crippen MR) is 118 cm³/mol. The van der Waals surface area contributed by atoms with Crippen LogP contribution in [0.2, 0.25) is 0 Å². The Labute approximate surface area is 183 Å². The zero-order valence-corrected chi connectivity index (χ0v) is 17.6. The Morgan fingerprint density at radius 3 is 2.74 bits per heavy atom. The van der Waals surface area contributed by atoms with Crippen molar-refractivity contribution in [2.45, 2.75) is 37.1 Å². The molecule has 3 aromatic rings. The molecule has 1 aliphatic heterocycles. The van der Waals surface area contributed by atoms with E-state index in [1.165, 1.54) is 0 Å². The van der Waals surface area contributed by atoms with Gasteiger partial charge in [0, 0.05) is 25.3 Å². The first-order valence-corrected chi connectivity index (χ1v) is 11.2. The van der Waals surface area contributed by atoms with Crippen molar-refractivity contribution in [1.29, 1.82) is 0 Å². The summed E-state index contributed by atoms with van der Waals surface area (Å²) in [5.74, 6) is 0.619. The molecule has 31 heavy (non-hydrogen) atoms. The van der Waals surface area contributed by atoms with Crippen molar-refractivity contribution in [2.75, 3.05) is 30.5 Å². The number of ether oxygens (including phenoxy) is 1. The molecule has 2 aliphatic rings. The Hall–Kier alpha value is -2.37. The third-order valence-corrected chi connectivity index (χ3v) is 7.00. The van der Waals surface area contributed by atoms with Gasteiger partial charge >= 0.3 is 0 Å². The Morgan fingerprint density at radius 2 is 2.00 bits per heavy atom. The molecule has 2 aromatic heterocycles. The van der Waals surface area contributed by atoms with Crippen LogP contribution in [0.25, 0.3) is 20.8 Å². The SMILES string of the molecule is OCC1CC(Nc2nc(NC3CCOC3)ncc2-c2nc3ccccc3s2)C(O)C1O. The van der Waals surface area contributed by atoms with Crippen molar-refractivity contribution in [1.82, 2.24) is 15.0 Å². The minimum absolute atomic E-state index is 0.152. The molecule has 2 fully saturated rings. The van der Waals surface area contributed by atoms with Crippen molar-refractivity contribution < 1.29 is 20.1 Å². The highest BCUT2D eigenvalue weighted by Gasteiger charge is 2.41. The second kappa shape index (κ2) is 8.64. The maximum atomic E-state index is 10.5. The van der Waals surface area contributed by atoms with Crippen LogP contribution in [0.4, 0.5) is 11.8 Å². The van der Waals surface area contributed by atoms with Crippen LogP contribution >= 0.6 is 11.3 Å². The van der Waals surface area contributed by atoms with Crippen LogP contribution in [0.5, 0.6) is 0 Å². The number of para-hydroxylation sites is 1. The Balaban J connectivity index is 1.49. The number of nitrogens with one attached hydrogen (secondary N) is 2. The molecule has 5 N–H and O–H groups in total. The van der Waals surface area contributed by atoms with E-state index >= 15 is 0 Å². The van der Waals surface area contributed by atoms with E-state index < -0.39 is 18.2 Å². The van der Waals surface area contributed by atoms with Crippen LogP contribution in [0.15, 0.2) is 30.5 Å². The number of anilines is 2. The van der Waals surface area contributed by atoms with Gasteiger partial charge in [-0.3, -0.25) is 0 Å². The molecular weight excluding hydrogens is 418 g/mol. The molecule has 164 valence electrons. The number of rotatable bonds is 6. The van der Waals surface area contributed by atoms with Gasteiger partial charge in [0.25, 0.3) is 0 Å². The summed E-state index contributed by atoms with van der Waals surface area (Å²) in [6.45, 7) is 1.14. The molecule has 9 nitrogen and oxygen atoms in total. The van der Waals surface area contributed by atoms with E-state index in [4.69, 9.17) is 9.72 Å². The minimum atomic E-state index is -1.00. The lowest BCUT2D eigenvalue weighted by Crippen LogP contribution is -2.35. The van der Waals surface area contributed by atoms with Crippen LogP contribution in [-0.2, 0) is 4.74 Å². The topological polar surface area (TPSA) is 133 Å². The van der Waals surface area contributed by atoms with Gasteiger partial charge in [0.1, 0.15) is 16.9 Å². The van der Waals surface area contributed by atoms with E-state index in [-0.39, 0.29) is 18.6 Å². The highest BCUT2D eigenvalue weighted by atomic mass is 32.1. The van der Waals surface area contributed by atoms with Crippen molar-refractivity contribution in [3.63, 3.8) is 0 Å². The molecule has 5 unspecified atom stereocenters. The van der Waals surface area contributed by atoms with E-state index in [1.807, 2.05) is 24.3 Å². The number of aliphatic hydroxyl groups excluding tert-OH is 3. The fourth-order valence-corrected chi connectivity index (χ4v) is 5.14. The van der Waals surface area contributed by atoms with Gasteiger partial charge in [-0.15, -0.1) is 11.3 Å². The fourth-order valence-electron chi connectivity index (χ4n) is 4.16. The Bertz CT molecular complexity index is 1020. The number of aliphatic hydroxyl groups is 3. The first-order valence-electron chi connectivity index (χ1n) is 10.4. The lowest BCUT2D eigenvalue weighted by atomic mass is 10.1. The van der Waals surface area contributed by atoms with Gasteiger partial charge in [-0.1, -0.05) is 12.1 Å². The lowest BCUT2D eigenvalue weighted by molar-refractivity contribution is 0.00446. The van der Waals surface area contributed by atoms with Crippen molar-refractivity contribution in [3.8, 4) is 10.6 Å². The van der Waals surface area contributed by atoms with E-state index in [0.717, 1.165) is 27.2 Å². The molecular formula is C21H25N5O4S. The first kappa shape index (κ1) is 20.5. The second-order valence-corrected chi connectivity index (χ2v) is 9.09. The van der Waals surface area contributed by atoms with Crippen LogP contribution in [0.1, 0.15) is 12.8 Å². The van der Waals surface area contributed by atoms with E-state index in [0.29, 0.717) is 31.4 Å². The summed E-state index contributed by atoms with van der Waals surface area (Å²) in [5, 5.41) is 37.5. The highest BCUT2D eigenvalue weighted by Crippen LogP contribution is 2.36. The summed E-state index contributed by atoms with van der Waals surface area (Å²) in [7, 11) is 0. The van der Waals surface area contributed by atoms with Crippen molar-refractivity contribution in [2.24, 2.45) is 5.92 Å². The van der Waals surface area contributed by atoms with Gasteiger partial charge in [-0.25, -0.2) is 9.97 Å². The number of nitrogens with zero attached hydrogens (tertiary/aromatic N) is 3. The van der Waals surface area contributed by atoms with Gasteiger partial charge in [-0.05, 0) is 25.0 Å². The zero-order valence-electron chi connectivity index (χ0n) is 16.8. The minimum Gasteiger partial charge on any atom is -0.396 e. The normalized spacial score (nSPS) is 28.3. The van der Waals surface area contributed by atoms with Crippen molar-refractivity contribution >= 4 is 33.3 Å². The number of hydrogen-bond donors (Lipinski definition) is 5. The van der Waals surface area contributed by atoms with Crippen LogP contribution in [0.3, 0.4) is 0 Å². The third-order valence-electron chi connectivity index (χ3n) is 5.93. The molecule has 5 atom stereocenters. The smallest absolute Gasteiger partial charge is 0.224 e. The summed E-state index contributed by atoms with van der Waals surface area (Å²) < 4.78 is 6.48. The first-order chi connectivity index (χ1) is 15.1. The fraction of sp³-hybridized carbons (Fsp3) is 0.476. The maximum Gasteiger partial charge on any atom is 0.224 e. The van der Waals surface area contributed by atoms with E-state index in [2.05, 4.69) is 20.6 Å². The lowest BCUT2D eigenvalue weighted by Gasteiger charge is -2.20. The number of benzene rings is 1. The van der Waals surface area contributed by atoms with Crippen LogP contribution in [0, 0.1) is 5.92 Å². The quantitative estimate of drug-likeness (QED) is 0.384. The summed E-state index contributed by atoms with van der Waals surface area (Å²) >= 11 is 1.54. The zero-order chi connectivity index (χ0) is 21.4. The number of fused-ring (bicyclic) bond motifs is 1. The van der Waals surface area contributed by atoms with Gasteiger partial charge in [0.05, 0.1) is 40.6 Å². The molecule has 1 saturated heterocycles. The Morgan fingerprint density at radius 1 is 1.13 bits per heavy atom. The molecule has 5 rings (SSSR count). The molecule has 1 aromatic carbocycles. The maximum absolute atomic E-state index is 10.5. The monoisotopic (exact) mass is 443 g/mol. The van der Waals surface area contributed by atoms with Crippen LogP contribution < -0.4 is 10.6 Å². The van der Waals surface area contributed by atoms with E-state index in [9.17, 15) is 15.3 Å². The molecule has 0 radical (unpaired) electrons. The summed E-state index contributed by atoms with van der Waals surface area (Å²) in [6.07, 6.45) is 1.06. The summed E-state index contributed by atoms with van der Waals surface area (Å²) in [4.78, 5) is 13.9. The summed E-state index contributed by atoms with van der Waals surface area (Å²) in [5.41, 5.74) is 1.62. The number of hydrogen-bond acceptors (Lipinski definition) is 10. The van der Waals surface area contributed by atoms with Crippen LogP contribution in [-0.4, -0.2) is 74.4 Å². The number of thiazole rings is 1. The molecule has 1 aliphatic carbocycles. The predicted octanol–water partition coefficient (Wildman–Crippen LogP) is 1.47. The Kier molecular flexibility index (Phi) is 5.72. The molecule has 0 spiro atoms. The molecule has 0 amide bonds. The van der Waals surface area contributed by atoms with Crippen molar-refractivity contribution in [3.05, 3.63) is 30.5 Å². The van der Waals surface area contributed by atoms with Gasteiger partial charge in [0.15, 0.2) is 0 Å². The second-order valence-electron chi connectivity index (χ2n) is 8.06.